The first-order valence-electron chi connectivity index (χ1n) is 9.75. The first kappa shape index (κ1) is 19.9. The lowest BCUT2D eigenvalue weighted by Gasteiger charge is -2.22. The summed E-state index contributed by atoms with van der Waals surface area (Å²) >= 11 is 0. The molecule has 0 saturated carbocycles. The van der Waals surface area contributed by atoms with Gasteiger partial charge in [-0.1, -0.05) is 76.9 Å². The van der Waals surface area contributed by atoms with Crippen LogP contribution in [0.15, 0.2) is 54.6 Å². The normalized spacial score (nSPS) is 10.8. The van der Waals surface area contributed by atoms with E-state index in [0.29, 0.717) is 6.54 Å². The third-order valence-corrected chi connectivity index (χ3v) is 5.17. The molecule has 0 fully saturated rings. The van der Waals surface area contributed by atoms with Gasteiger partial charge in [-0.25, -0.2) is 0 Å². The Morgan fingerprint density at radius 3 is 1.50 bits per heavy atom. The lowest BCUT2D eigenvalue weighted by Crippen LogP contribution is -2.23. The van der Waals surface area contributed by atoms with Gasteiger partial charge in [-0.2, -0.15) is 0 Å². The molecule has 2 heteroatoms. The van der Waals surface area contributed by atoms with Gasteiger partial charge >= 0.3 is 0 Å². The quantitative estimate of drug-likeness (QED) is 0.532. The predicted molar refractivity (Wildman–Crippen MR) is 118 cm³/mol. The standard InChI is InChI=1S/C26H29NO/c1-17-10-18(2)13-22(12-17)24-8-7-9-25(26(24)16-27(6)21(5)28)23-14-19(3)11-20(4)15-23/h7-15H,16H2,1-6H3. The van der Waals surface area contributed by atoms with Crippen molar-refractivity contribution in [1.82, 2.24) is 4.90 Å². The molecule has 0 bridgehead atoms. The molecular formula is C26H29NO. The zero-order valence-corrected chi connectivity index (χ0v) is 17.8. The lowest BCUT2D eigenvalue weighted by molar-refractivity contribution is -0.128. The van der Waals surface area contributed by atoms with Crippen LogP contribution in [0.4, 0.5) is 0 Å². The highest BCUT2D eigenvalue weighted by Crippen LogP contribution is 2.35. The number of amides is 1. The summed E-state index contributed by atoms with van der Waals surface area (Å²) in [5.41, 5.74) is 11.0. The van der Waals surface area contributed by atoms with Crippen molar-refractivity contribution in [3.05, 3.63) is 82.4 Å². The van der Waals surface area contributed by atoms with Crippen molar-refractivity contribution in [3.8, 4) is 22.3 Å². The van der Waals surface area contributed by atoms with E-state index in [1.807, 2.05) is 7.05 Å². The van der Waals surface area contributed by atoms with E-state index in [2.05, 4.69) is 82.3 Å². The van der Waals surface area contributed by atoms with Crippen LogP contribution in [-0.4, -0.2) is 17.9 Å². The van der Waals surface area contributed by atoms with E-state index in [-0.39, 0.29) is 5.91 Å². The maximum Gasteiger partial charge on any atom is 0.219 e. The zero-order valence-electron chi connectivity index (χ0n) is 17.8. The predicted octanol–water partition coefficient (Wildman–Crippen LogP) is 6.23. The number of nitrogens with zero attached hydrogens (tertiary/aromatic N) is 1. The summed E-state index contributed by atoms with van der Waals surface area (Å²) in [6.45, 7) is 10.7. The fraction of sp³-hybridized carbons (Fsp3) is 0.269. The maximum atomic E-state index is 12.0. The van der Waals surface area contributed by atoms with E-state index in [0.717, 1.165) is 0 Å². The molecule has 0 heterocycles. The van der Waals surface area contributed by atoms with Gasteiger partial charge in [-0.3, -0.25) is 4.79 Å². The van der Waals surface area contributed by atoms with Gasteiger partial charge in [0.15, 0.2) is 0 Å². The van der Waals surface area contributed by atoms with E-state index >= 15 is 0 Å². The largest absolute Gasteiger partial charge is 0.342 e. The highest BCUT2D eigenvalue weighted by Gasteiger charge is 2.16. The second-order valence-corrected chi connectivity index (χ2v) is 7.96. The minimum atomic E-state index is 0.0709. The van der Waals surface area contributed by atoms with E-state index in [4.69, 9.17) is 0 Å². The monoisotopic (exact) mass is 371 g/mol. The number of aryl methyl sites for hydroxylation is 4. The summed E-state index contributed by atoms with van der Waals surface area (Å²) < 4.78 is 0. The zero-order chi connectivity index (χ0) is 20.4. The number of rotatable bonds is 4. The molecule has 0 atom stereocenters. The van der Waals surface area contributed by atoms with Crippen LogP contribution < -0.4 is 0 Å². The molecule has 3 rings (SSSR count). The Bertz CT molecular complexity index is 922. The van der Waals surface area contributed by atoms with Crippen LogP contribution in [0.5, 0.6) is 0 Å². The van der Waals surface area contributed by atoms with Crippen LogP contribution >= 0.6 is 0 Å². The number of benzene rings is 3. The number of carbonyl (C=O) groups is 1. The van der Waals surface area contributed by atoms with Crippen LogP contribution in [0.25, 0.3) is 22.3 Å². The van der Waals surface area contributed by atoms with Gasteiger partial charge in [-0.15, -0.1) is 0 Å². The van der Waals surface area contributed by atoms with Gasteiger partial charge in [0.25, 0.3) is 0 Å². The second kappa shape index (κ2) is 8.02. The topological polar surface area (TPSA) is 20.3 Å². The molecule has 0 aliphatic heterocycles. The van der Waals surface area contributed by atoms with Gasteiger partial charge in [-0.05, 0) is 55.5 Å². The van der Waals surface area contributed by atoms with Gasteiger partial charge in [0, 0.05) is 20.5 Å². The molecule has 0 spiro atoms. The van der Waals surface area contributed by atoms with Gasteiger partial charge < -0.3 is 4.90 Å². The Hall–Kier alpha value is -2.87. The molecule has 2 nitrogen and oxygen atoms in total. The first-order valence-corrected chi connectivity index (χ1v) is 9.75. The van der Waals surface area contributed by atoms with Crippen molar-refractivity contribution >= 4 is 5.91 Å². The summed E-state index contributed by atoms with van der Waals surface area (Å²) in [5.74, 6) is 0.0709. The summed E-state index contributed by atoms with van der Waals surface area (Å²) in [7, 11) is 1.87. The minimum absolute atomic E-state index is 0.0709. The van der Waals surface area contributed by atoms with Crippen LogP contribution in [-0.2, 0) is 11.3 Å². The van der Waals surface area contributed by atoms with Crippen molar-refractivity contribution in [2.24, 2.45) is 0 Å². The lowest BCUT2D eigenvalue weighted by atomic mass is 9.89. The van der Waals surface area contributed by atoms with E-state index in [9.17, 15) is 4.79 Å². The molecule has 0 N–H and O–H groups in total. The summed E-state index contributed by atoms with van der Waals surface area (Å²) in [6, 6.07) is 19.8. The molecule has 3 aromatic rings. The second-order valence-electron chi connectivity index (χ2n) is 7.96. The van der Waals surface area contributed by atoms with Gasteiger partial charge in [0.05, 0.1) is 0 Å². The average molecular weight is 372 g/mol. The number of hydrogen-bond donors (Lipinski definition) is 0. The first-order chi connectivity index (χ1) is 13.2. The van der Waals surface area contributed by atoms with Gasteiger partial charge in [0.2, 0.25) is 5.91 Å². The van der Waals surface area contributed by atoms with E-state index < -0.39 is 0 Å². The van der Waals surface area contributed by atoms with E-state index in [1.54, 1.807) is 11.8 Å². The summed E-state index contributed by atoms with van der Waals surface area (Å²) in [6.07, 6.45) is 0. The Morgan fingerprint density at radius 1 is 0.750 bits per heavy atom. The Labute approximate surface area is 168 Å². The summed E-state index contributed by atoms with van der Waals surface area (Å²) in [5, 5.41) is 0. The van der Waals surface area contributed by atoms with Crippen molar-refractivity contribution < 1.29 is 4.79 Å². The highest BCUT2D eigenvalue weighted by atomic mass is 16.2. The number of carbonyl (C=O) groups excluding carboxylic acids is 1. The molecular weight excluding hydrogens is 342 g/mol. The minimum Gasteiger partial charge on any atom is -0.342 e. The van der Waals surface area contributed by atoms with Gasteiger partial charge in [0.1, 0.15) is 0 Å². The van der Waals surface area contributed by atoms with Crippen molar-refractivity contribution in [2.75, 3.05) is 7.05 Å². The third kappa shape index (κ3) is 4.33. The number of hydrogen-bond acceptors (Lipinski definition) is 1. The average Bonchev–Trinajstić information content (AvgIpc) is 2.60. The molecule has 0 radical (unpaired) electrons. The Balaban J connectivity index is 2.26. The SMILES string of the molecule is CC(=O)N(C)Cc1c(-c2cc(C)cc(C)c2)cccc1-c1cc(C)cc(C)c1. The van der Waals surface area contributed by atoms with Crippen molar-refractivity contribution in [2.45, 2.75) is 41.2 Å². The molecule has 144 valence electrons. The highest BCUT2D eigenvalue weighted by molar-refractivity contribution is 5.81. The molecule has 0 saturated heterocycles. The smallest absolute Gasteiger partial charge is 0.219 e. The van der Waals surface area contributed by atoms with Crippen molar-refractivity contribution in [1.29, 1.82) is 0 Å². The van der Waals surface area contributed by atoms with Crippen LogP contribution in [0.3, 0.4) is 0 Å². The molecule has 0 aliphatic carbocycles. The Morgan fingerprint density at radius 2 is 1.14 bits per heavy atom. The maximum absolute atomic E-state index is 12.0. The molecule has 28 heavy (non-hydrogen) atoms. The van der Waals surface area contributed by atoms with Crippen LogP contribution in [0.2, 0.25) is 0 Å². The Kier molecular flexibility index (Phi) is 5.69. The van der Waals surface area contributed by atoms with E-state index in [1.165, 1.54) is 50.1 Å². The summed E-state index contributed by atoms with van der Waals surface area (Å²) in [4.78, 5) is 13.8. The molecule has 0 aliphatic rings. The van der Waals surface area contributed by atoms with Crippen LogP contribution in [0.1, 0.15) is 34.7 Å². The molecule has 0 aromatic heterocycles. The van der Waals surface area contributed by atoms with Crippen molar-refractivity contribution in [3.63, 3.8) is 0 Å². The third-order valence-electron chi connectivity index (χ3n) is 5.17. The molecule has 0 unspecified atom stereocenters. The fourth-order valence-electron chi connectivity index (χ4n) is 3.91. The van der Waals surface area contributed by atoms with Crippen LogP contribution in [0, 0.1) is 27.7 Å². The fourth-order valence-corrected chi connectivity index (χ4v) is 3.91. The molecule has 3 aromatic carbocycles. The molecule has 1 amide bonds.